The van der Waals surface area contributed by atoms with Crippen molar-refractivity contribution in [1.82, 2.24) is 0 Å². The van der Waals surface area contributed by atoms with Crippen LogP contribution in [0.4, 0.5) is 0 Å². The molecule has 6 heteroatoms. The summed E-state index contributed by atoms with van der Waals surface area (Å²) < 4.78 is 12.9. The highest BCUT2D eigenvalue weighted by molar-refractivity contribution is 5.71. The predicted octanol–water partition coefficient (Wildman–Crippen LogP) is 11.1. The molecule has 0 saturated carbocycles. The minimum absolute atomic E-state index is 0.0697. The molecule has 0 aliphatic heterocycles. The quantitative estimate of drug-likeness (QED) is 0.0891. The van der Waals surface area contributed by atoms with Gasteiger partial charge in [0.2, 0.25) is 0 Å². The van der Waals surface area contributed by atoms with Crippen molar-refractivity contribution in [1.29, 1.82) is 0 Å². The van der Waals surface area contributed by atoms with Crippen LogP contribution < -0.4 is 0 Å². The van der Waals surface area contributed by atoms with Gasteiger partial charge in [-0.2, -0.15) is 0 Å². The minimum Gasteiger partial charge on any atom is -0.458 e. The van der Waals surface area contributed by atoms with Crippen molar-refractivity contribution in [2.24, 2.45) is 10.8 Å². The van der Waals surface area contributed by atoms with Gasteiger partial charge in [0, 0.05) is 12.8 Å². The molecule has 0 fully saturated rings. The second-order valence-corrected chi connectivity index (χ2v) is 19.5. The predicted molar refractivity (Wildman–Crippen MR) is 238 cm³/mol. The molecule has 56 heavy (non-hydrogen) atoms. The molecular weight excluding hydrogens is 693 g/mol. The molecule has 308 valence electrons. The molecule has 0 saturated heterocycles. The first kappa shape index (κ1) is 48.1. The fourth-order valence-electron chi connectivity index (χ4n) is 7.45. The van der Waals surface area contributed by atoms with Crippen LogP contribution in [0, 0.1) is 10.8 Å². The summed E-state index contributed by atoms with van der Waals surface area (Å²) in [5.41, 5.74) is 9.78. The van der Waals surface area contributed by atoms with Crippen molar-refractivity contribution < 1.29 is 28.0 Å². The first-order valence-electron chi connectivity index (χ1n) is 20.2. The Morgan fingerprint density at radius 3 is 1.16 bits per heavy atom. The number of esters is 2. The summed E-state index contributed by atoms with van der Waals surface area (Å²) in [6.45, 7) is 22.5. The van der Waals surface area contributed by atoms with E-state index in [-0.39, 0.29) is 35.0 Å². The van der Waals surface area contributed by atoms with E-state index in [9.17, 15) is 9.59 Å². The van der Waals surface area contributed by atoms with Crippen LogP contribution in [0.3, 0.4) is 0 Å². The molecule has 0 heterocycles. The topological polar surface area (TPSA) is 52.6 Å². The van der Waals surface area contributed by atoms with Gasteiger partial charge in [-0.1, -0.05) is 146 Å². The number of hydrogen-bond acceptors (Lipinski definition) is 4. The Kier molecular flexibility index (Phi) is 18.0. The van der Waals surface area contributed by atoms with E-state index in [1.807, 2.05) is 42.3 Å². The van der Waals surface area contributed by atoms with Crippen molar-refractivity contribution in [3.8, 4) is 0 Å². The van der Waals surface area contributed by atoms with Crippen molar-refractivity contribution in [3.63, 3.8) is 0 Å². The van der Waals surface area contributed by atoms with Gasteiger partial charge < -0.3 is 18.4 Å². The monoisotopic (exact) mass is 769 g/mol. The van der Waals surface area contributed by atoms with Gasteiger partial charge in [-0.25, -0.2) is 9.59 Å². The summed E-state index contributed by atoms with van der Waals surface area (Å²) in [7, 11) is 12.0. The van der Waals surface area contributed by atoms with Crippen LogP contribution in [0.25, 0.3) is 0 Å². The average Bonchev–Trinajstić information content (AvgIpc) is 2.99. The molecule has 2 aliphatic rings. The van der Waals surface area contributed by atoms with E-state index in [0.717, 1.165) is 25.7 Å². The second kappa shape index (κ2) is 21.0. The fourth-order valence-corrected chi connectivity index (χ4v) is 7.45. The third-order valence-electron chi connectivity index (χ3n) is 10.0. The first-order chi connectivity index (χ1) is 25.8. The van der Waals surface area contributed by atoms with Crippen LogP contribution in [-0.4, -0.2) is 88.5 Å². The highest BCUT2D eigenvalue weighted by Gasteiger charge is 2.36. The van der Waals surface area contributed by atoms with Gasteiger partial charge in [0.05, 0.1) is 42.3 Å². The van der Waals surface area contributed by atoms with E-state index >= 15 is 0 Å². The van der Waals surface area contributed by atoms with Crippen molar-refractivity contribution in [2.75, 3.05) is 55.4 Å². The molecule has 6 nitrogen and oxygen atoms in total. The highest BCUT2D eigenvalue weighted by Crippen LogP contribution is 2.43. The molecule has 0 amide bonds. The maximum Gasteiger partial charge on any atom is 0.362 e. The molecular formula is C50H76N2O4+2. The molecule has 0 aromatic heterocycles. The lowest BCUT2D eigenvalue weighted by Gasteiger charge is -2.37. The number of likely N-dealkylation sites (N-methyl/N-ethyl adjacent to an activating group) is 2. The number of nitrogens with zero attached hydrogens (tertiary/aromatic N) is 2. The molecule has 2 aliphatic carbocycles. The first-order valence-corrected chi connectivity index (χ1v) is 20.2. The molecule has 0 N–H and O–H groups in total. The third kappa shape index (κ3) is 18.3. The molecule has 0 bridgehead atoms. The molecule has 0 aromatic rings. The Labute approximate surface area is 342 Å². The minimum atomic E-state index is -0.125. The summed E-state index contributed by atoms with van der Waals surface area (Å²) in [6, 6.07) is 0. The summed E-state index contributed by atoms with van der Waals surface area (Å²) in [4.78, 5) is 24.9. The van der Waals surface area contributed by atoms with Gasteiger partial charge >= 0.3 is 11.9 Å². The van der Waals surface area contributed by atoms with E-state index in [2.05, 4.69) is 154 Å². The Morgan fingerprint density at radius 1 is 0.554 bits per heavy atom. The molecule has 0 spiro atoms. The summed E-state index contributed by atoms with van der Waals surface area (Å²) >= 11 is 0. The van der Waals surface area contributed by atoms with E-state index < -0.39 is 0 Å². The van der Waals surface area contributed by atoms with Crippen molar-refractivity contribution in [3.05, 3.63) is 130 Å². The molecule has 0 aromatic carbocycles. The van der Waals surface area contributed by atoms with Gasteiger partial charge in [0.25, 0.3) is 0 Å². The number of quaternary nitrogens is 2. The van der Waals surface area contributed by atoms with Crippen molar-refractivity contribution in [2.45, 2.75) is 107 Å². The number of allylic oxidation sites excluding steroid dienone is 20. The standard InChI is InChI=1S/C50H76N2O4/c1-37(23-19-25-39(3)27-29-45-41(5)31-43(33-49(45,7)8)55-47(53)35-51(11,12)13)21-17-18-22-38(2)24-20-26-40(4)28-30-46-42(6)32-44(34-50(46,9)10)56-48(54)36-52(14,15)16/h17-30,43-44H,31-36H2,1-16H3/q+2/b18-17+,23-19+,24-20+,29-27+,30-28+,37-21+,38-22+,39-25+,40-26+. The zero-order valence-electron chi connectivity index (χ0n) is 38.0. The van der Waals surface area contributed by atoms with Crippen LogP contribution in [-0.2, 0) is 19.1 Å². The Hall–Kier alpha value is -4.00. The van der Waals surface area contributed by atoms with Crippen molar-refractivity contribution >= 4 is 11.9 Å². The van der Waals surface area contributed by atoms with Gasteiger partial charge in [0.1, 0.15) is 12.2 Å². The average molecular weight is 769 g/mol. The lowest BCUT2D eigenvalue weighted by atomic mass is 9.71. The molecule has 0 radical (unpaired) electrons. The zero-order chi connectivity index (χ0) is 42.5. The SMILES string of the molecule is CC1=C(/C=C/C(C)=C/C=C/C(C)=C/C=C/C=C(C)/C=C/C=C(C)/C=C/C2=C(C)CC(OC(=O)C[N+](C)(C)C)CC2(C)C)C(C)(C)CC(OC(=O)C[N+](C)(C)C)C1. The highest BCUT2D eigenvalue weighted by atomic mass is 16.5. The number of carbonyl (C=O) groups is 2. The fraction of sp³-hybridized carbons (Fsp3) is 0.520. The second-order valence-electron chi connectivity index (χ2n) is 19.5. The lowest BCUT2D eigenvalue weighted by Crippen LogP contribution is -2.42. The van der Waals surface area contributed by atoms with E-state index in [0.29, 0.717) is 22.1 Å². The number of hydrogen-bond donors (Lipinski definition) is 0. The smallest absolute Gasteiger partial charge is 0.362 e. The van der Waals surface area contributed by atoms with Gasteiger partial charge in [-0.3, -0.25) is 0 Å². The Balaban J connectivity index is 1.93. The molecule has 2 unspecified atom stereocenters. The van der Waals surface area contributed by atoms with Gasteiger partial charge in [0.15, 0.2) is 13.1 Å². The third-order valence-corrected chi connectivity index (χ3v) is 10.0. The normalized spacial score (nSPS) is 22.1. The van der Waals surface area contributed by atoms with Crippen LogP contribution >= 0.6 is 0 Å². The van der Waals surface area contributed by atoms with Gasteiger partial charge in [-0.15, -0.1) is 0 Å². The van der Waals surface area contributed by atoms with E-state index in [1.165, 1.54) is 44.6 Å². The van der Waals surface area contributed by atoms with Crippen LogP contribution in [0.15, 0.2) is 130 Å². The lowest BCUT2D eigenvalue weighted by molar-refractivity contribution is -0.862. The molecule has 2 rings (SSSR count). The largest absolute Gasteiger partial charge is 0.458 e. The maximum atomic E-state index is 12.5. The number of rotatable bonds is 16. The van der Waals surface area contributed by atoms with Crippen LogP contribution in [0.5, 0.6) is 0 Å². The summed E-state index contributed by atoms with van der Waals surface area (Å²) in [6.07, 6.45) is 33.0. The number of ether oxygens (including phenoxy) is 2. The Morgan fingerprint density at radius 2 is 0.857 bits per heavy atom. The van der Waals surface area contributed by atoms with Gasteiger partial charge in [-0.05, 0) is 76.4 Å². The summed E-state index contributed by atoms with van der Waals surface area (Å²) in [5.74, 6) is -0.250. The van der Waals surface area contributed by atoms with Crippen LogP contribution in [0.1, 0.15) is 94.9 Å². The maximum absolute atomic E-state index is 12.5. The number of carbonyl (C=O) groups excluding carboxylic acids is 2. The molecule has 2 atom stereocenters. The van der Waals surface area contributed by atoms with E-state index in [4.69, 9.17) is 9.47 Å². The summed E-state index contributed by atoms with van der Waals surface area (Å²) in [5, 5.41) is 0. The van der Waals surface area contributed by atoms with E-state index in [1.54, 1.807) is 0 Å². The van der Waals surface area contributed by atoms with Crippen LogP contribution in [0.2, 0.25) is 0 Å². The zero-order valence-corrected chi connectivity index (χ0v) is 38.0. The Bertz CT molecular complexity index is 1620.